The maximum Gasteiger partial charge on any atom is 0.248 e. The maximum atomic E-state index is 13.2. The maximum absolute atomic E-state index is 13.2. The molecule has 1 aromatic carbocycles. The first-order valence-electron chi connectivity index (χ1n) is 11.0. The van der Waals surface area contributed by atoms with Gasteiger partial charge in [-0.15, -0.1) is 0 Å². The topological polar surface area (TPSA) is 102 Å². The summed E-state index contributed by atoms with van der Waals surface area (Å²) in [6, 6.07) is 10.0. The minimum Gasteiger partial charge on any atom is -0.360 e. The minimum absolute atomic E-state index is 0.0653. The van der Waals surface area contributed by atoms with Gasteiger partial charge in [0.15, 0.2) is 5.76 Å². The predicted molar refractivity (Wildman–Crippen MR) is 122 cm³/mol. The monoisotopic (exact) mass is 471 g/mol. The number of amides is 1. The average molecular weight is 472 g/mol. The van der Waals surface area contributed by atoms with E-state index in [1.165, 1.54) is 4.31 Å². The van der Waals surface area contributed by atoms with Crippen LogP contribution >= 0.6 is 0 Å². The van der Waals surface area contributed by atoms with Crippen molar-refractivity contribution >= 4 is 15.9 Å². The normalized spacial score (nSPS) is 17.2. The van der Waals surface area contributed by atoms with E-state index in [-0.39, 0.29) is 23.1 Å². The van der Waals surface area contributed by atoms with Crippen molar-refractivity contribution in [3.63, 3.8) is 0 Å². The SMILES string of the molecule is Cc1noc(C)c1S(=O)(=O)N1CCCC(C(=O)N(C)Cc2cnn(Cc3ccccc3)c2)C1. The third-order valence-corrected chi connectivity index (χ3v) is 8.08. The quantitative estimate of drug-likeness (QED) is 0.525. The van der Waals surface area contributed by atoms with E-state index in [2.05, 4.69) is 10.3 Å². The zero-order valence-corrected chi connectivity index (χ0v) is 20.0. The van der Waals surface area contributed by atoms with Gasteiger partial charge in [0, 0.05) is 38.4 Å². The number of benzene rings is 1. The first kappa shape index (κ1) is 23.2. The van der Waals surface area contributed by atoms with E-state index in [0.29, 0.717) is 38.2 Å². The van der Waals surface area contributed by atoms with Crippen LogP contribution in [0, 0.1) is 19.8 Å². The van der Waals surface area contributed by atoms with Crippen molar-refractivity contribution in [3.05, 3.63) is 65.3 Å². The van der Waals surface area contributed by atoms with Gasteiger partial charge in [-0.3, -0.25) is 9.48 Å². The lowest BCUT2D eigenvalue weighted by atomic mass is 9.98. The number of hydrogen-bond donors (Lipinski definition) is 0. The minimum atomic E-state index is -3.76. The largest absolute Gasteiger partial charge is 0.360 e. The first-order chi connectivity index (χ1) is 15.8. The fourth-order valence-electron chi connectivity index (χ4n) is 4.34. The molecule has 1 aliphatic rings. The molecule has 9 nitrogen and oxygen atoms in total. The van der Waals surface area contributed by atoms with Crippen molar-refractivity contribution in [2.75, 3.05) is 20.1 Å². The number of hydrogen-bond acceptors (Lipinski definition) is 6. The molecule has 1 saturated heterocycles. The van der Waals surface area contributed by atoms with Crippen molar-refractivity contribution in [2.24, 2.45) is 5.92 Å². The number of rotatable bonds is 7. The third kappa shape index (κ3) is 5.01. The van der Waals surface area contributed by atoms with Gasteiger partial charge >= 0.3 is 0 Å². The summed E-state index contributed by atoms with van der Waals surface area (Å²) in [5.41, 5.74) is 2.42. The molecule has 0 saturated carbocycles. The molecule has 0 aliphatic carbocycles. The molecule has 3 heterocycles. The summed E-state index contributed by atoms with van der Waals surface area (Å²) in [4.78, 5) is 14.9. The highest BCUT2D eigenvalue weighted by Gasteiger charge is 2.37. The highest BCUT2D eigenvalue weighted by molar-refractivity contribution is 7.89. The second-order valence-corrected chi connectivity index (χ2v) is 10.5. The molecule has 2 aromatic heterocycles. The van der Waals surface area contributed by atoms with Crippen LogP contribution in [0.2, 0.25) is 0 Å². The molecule has 3 aromatic rings. The van der Waals surface area contributed by atoms with Gasteiger partial charge in [-0.25, -0.2) is 8.42 Å². The number of nitrogens with zero attached hydrogens (tertiary/aromatic N) is 5. The standard InChI is InChI=1S/C23H29N5O4S/c1-17-22(18(2)32-25-17)33(30,31)28-11-7-10-21(16-28)23(29)26(3)13-20-12-24-27(15-20)14-19-8-5-4-6-9-19/h4-6,8-9,12,15,21H,7,10-11,13-14,16H2,1-3H3. The second kappa shape index (κ2) is 9.48. The Labute approximate surface area is 194 Å². The summed E-state index contributed by atoms with van der Waals surface area (Å²) in [6.45, 7) is 4.82. The molecule has 33 heavy (non-hydrogen) atoms. The van der Waals surface area contributed by atoms with Crippen LogP contribution in [0.25, 0.3) is 0 Å². The molecule has 0 spiro atoms. The number of piperidine rings is 1. The van der Waals surface area contributed by atoms with Crippen LogP contribution in [0.3, 0.4) is 0 Å². The fraction of sp³-hybridized carbons (Fsp3) is 0.435. The van der Waals surface area contributed by atoms with Crippen LogP contribution in [-0.4, -0.2) is 58.6 Å². The number of aromatic nitrogens is 3. The lowest BCUT2D eigenvalue weighted by molar-refractivity contribution is -0.135. The van der Waals surface area contributed by atoms with Crippen LogP contribution in [0.15, 0.2) is 52.1 Å². The molecule has 1 amide bonds. The number of sulfonamides is 1. The smallest absolute Gasteiger partial charge is 0.248 e. The molecule has 4 rings (SSSR count). The van der Waals surface area contributed by atoms with Gasteiger partial charge in [-0.1, -0.05) is 35.5 Å². The van der Waals surface area contributed by atoms with E-state index >= 15 is 0 Å². The van der Waals surface area contributed by atoms with E-state index in [1.54, 1.807) is 32.0 Å². The Morgan fingerprint density at radius 2 is 1.97 bits per heavy atom. The van der Waals surface area contributed by atoms with Gasteiger partial charge in [0.05, 0.1) is 18.7 Å². The van der Waals surface area contributed by atoms with Gasteiger partial charge in [-0.05, 0) is 32.3 Å². The molecule has 1 unspecified atom stereocenters. The highest BCUT2D eigenvalue weighted by atomic mass is 32.2. The molecule has 176 valence electrons. The Balaban J connectivity index is 1.40. The van der Waals surface area contributed by atoms with Crippen molar-refractivity contribution in [1.82, 2.24) is 24.1 Å². The summed E-state index contributed by atoms with van der Waals surface area (Å²) in [6.07, 6.45) is 4.99. The second-order valence-electron chi connectivity index (χ2n) is 8.58. The molecule has 1 atom stereocenters. The van der Waals surface area contributed by atoms with Crippen LogP contribution in [0.5, 0.6) is 0 Å². The van der Waals surface area contributed by atoms with Gasteiger partial charge in [0.2, 0.25) is 15.9 Å². The Kier molecular flexibility index (Phi) is 6.66. The van der Waals surface area contributed by atoms with Gasteiger partial charge in [-0.2, -0.15) is 9.40 Å². The Hall–Kier alpha value is -2.98. The molecule has 1 aliphatic heterocycles. The van der Waals surface area contributed by atoms with E-state index < -0.39 is 15.9 Å². The summed E-state index contributed by atoms with van der Waals surface area (Å²) in [5, 5.41) is 8.17. The van der Waals surface area contributed by atoms with Gasteiger partial charge in [0.25, 0.3) is 0 Å². The zero-order chi connectivity index (χ0) is 23.6. The summed E-state index contributed by atoms with van der Waals surface area (Å²) in [5.74, 6) is -0.187. The van der Waals surface area contributed by atoms with E-state index in [0.717, 1.165) is 11.1 Å². The van der Waals surface area contributed by atoms with Crippen LogP contribution in [0.1, 0.15) is 35.4 Å². The van der Waals surface area contributed by atoms with E-state index in [1.807, 2.05) is 41.2 Å². The Bertz CT molecular complexity index is 1200. The Morgan fingerprint density at radius 3 is 2.67 bits per heavy atom. The lowest BCUT2D eigenvalue weighted by Crippen LogP contribution is -2.45. The summed E-state index contributed by atoms with van der Waals surface area (Å²) in [7, 11) is -2.02. The third-order valence-electron chi connectivity index (χ3n) is 5.97. The van der Waals surface area contributed by atoms with Crippen molar-refractivity contribution < 1.29 is 17.7 Å². The van der Waals surface area contributed by atoms with Gasteiger partial charge in [0.1, 0.15) is 10.6 Å². The van der Waals surface area contributed by atoms with Crippen molar-refractivity contribution in [1.29, 1.82) is 0 Å². The molecule has 0 bridgehead atoms. The number of aryl methyl sites for hydroxylation is 2. The fourth-order valence-corrected chi connectivity index (χ4v) is 6.16. The molecule has 10 heteroatoms. The van der Waals surface area contributed by atoms with Crippen LogP contribution in [0.4, 0.5) is 0 Å². The van der Waals surface area contributed by atoms with Crippen LogP contribution < -0.4 is 0 Å². The predicted octanol–water partition coefficient (Wildman–Crippen LogP) is 2.60. The zero-order valence-electron chi connectivity index (χ0n) is 19.1. The average Bonchev–Trinajstić information content (AvgIpc) is 3.39. The van der Waals surface area contributed by atoms with E-state index in [9.17, 15) is 13.2 Å². The summed E-state index contributed by atoms with van der Waals surface area (Å²) < 4.78 is 34.6. The van der Waals surface area contributed by atoms with E-state index in [4.69, 9.17) is 4.52 Å². The molecular formula is C23H29N5O4S. The number of carbonyl (C=O) groups excluding carboxylic acids is 1. The lowest BCUT2D eigenvalue weighted by Gasteiger charge is -2.33. The molecular weight excluding hydrogens is 442 g/mol. The number of carbonyl (C=O) groups is 1. The molecule has 1 fully saturated rings. The molecule has 0 N–H and O–H groups in total. The molecule has 0 radical (unpaired) electrons. The Morgan fingerprint density at radius 1 is 1.21 bits per heavy atom. The summed E-state index contributed by atoms with van der Waals surface area (Å²) >= 11 is 0. The van der Waals surface area contributed by atoms with Crippen molar-refractivity contribution in [3.8, 4) is 0 Å². The first-order valence-corrected chi connectivity index (χ1v) is 12.4. The highest BCUT2D eigenvalue weighted by Crippen LogP contribution is 2.28. The van der Waals surface area contributed by atoms with Gasteiger partial charge < -0.3 is 9.42 Å². The van der Waals surface area contributed by atoms with Crippen molar-refractivity contribution in [2.45, 2.75) is 44.7 Å². The van der Waals surface area contributed by atoms with Crippen LogP contribution in [-0.2, 0) is 27.9 Å².